The predicted molar refractivity (Wildman–Crippen MR) is 10.7 cm³/mol. The van der Waals surface area contributed by atoms with Crippen molar-refractivity contribution in [3.8, 4) is 0 Å². The second kappa shape index (κ2) is 15.8. The maximum absolute atomic E-state index is 8.89. The van der Waals surface area contributed by atoms with Gasteiger partial charge < -0.3 is 9.90 Å². The molecule has 0 spiro atoms. The summed E-state index contributed by atoms with van der Waals surface area (Å²) in [4.78, 5) is 8.89. The minimum atomic E-state index is -1.08. The van der Waals surface area contributed by atoms with E-state index < -0.39 is 5.97 Å². The van der Waals surface area contributed by atoms with E-state index in [0.717, 1.165) is 6.92 Å². The van der Waals surface area contributed by atoms with E-state index in [2.05, 4.69) is 0 Å². The second-order valence-electron chi connectivity index (χ2n) is 0.492. The number of carbonyl (C=O) groups is 1. The number of carboxylic acids is 1. The van der Waals surface area contributed by atoms with E-state index in [4.69, 9.17) is 9.90 Å². The molecule has 0 amide bonds. The van der Waals surface area contributed by atoms with Gasteiger partial charge in [-0.3, -0.25) is 0 Å². The molecule has 0 atom stereocenters. The summed E-state index contributed by atoms with van der Waals surface area (Å²) in [6, 6.07) is 0. The summed E-state index contributed by atoms with van der Waals surface area (Å²) in [5.41, 5.74) is 0. The van der Waals surface area contributed by atoms with E-state index in [0.29, 0.717) is 0 Å². The Hall–Kier alpha value is 2.51. The first kappa shape index (κ1) is 22.7. The first-order chi connectivity index (χ1) is 1.73. The smallest absolute Gasteiger partial charge is 0.550 e. The van der Waals surface area contributed by atoms with E-state index in [-0.39, 0.29) is 94.2 Å². The van der Waals surface area contributed by atoms with Crippen LogP contribution in [0.25, 0.3) is 0 Å². The van der Waals surface area contributed by atoms with Crippen LogP contribution in [0.4, 0.5) is 0 Å². The minimum Gasteiger partial charge on any atom is -0.550 e. The van der Waals surface area contributed by atoms with Crippen LogP contribution in [0.5, 0.6) is 0 Å². The van der Waals surface area contributed by atoms with Crippen molar-refractivity contribution in [1.29, 1.82) is 0 Å². The molecule has 0 rings (SSSR count). The fourth-order valence-corrected chi connectivity index (χ4v) is 0. The number of carbonyl (C=O) groups excluding carboxylic acids is 1. The van der Waals surface area contributed by atoms with Crippen LogP contribution in [0.2, 0.25) is 0 Å². The molecule has 0 bridgehead atoms. The molecule has 0 aromatic carbocycles. The molecule has 0 unspecified atom stereocenters. The summed E-state index contributed by atoms with van der Waals surface area (Å²) < 4.78 is 0. The number of aliphatic carboxylic acids is 1. The molecule has 0 aliphatic carbocycles. The predicted octanol–water partition coefficient (Wildman–Crippen LogP) is -4.24. The van der Waals surface area contributed by atoms with Gasteiger partial charge in [-0.15, -0.1) is 0 Å². The Morgan fingerprint density at radius 3 is 1.57 bits per heavy atom. The second-order valence-corrected chi connectivity index (χ2v) is 0.492. The van der Waals surface area contributed by atoms with Crippen LogP contribution >= 0.6 is 0 Å². The molecule has 0 saturated carbocycles. The maximum atomic E-state index is 8.89. The molecule has 5 heteroatoms. The van der Waals surface area contributed by atoms with Crippen LogP contribution in [0.15, 0.2) is 0 Å². The monoisotopic (exact) mass is 401 g/mol. The van der Waals surface area contributed by atoms with Crippen molar-refractivity contribution in [2.75, 3.05) is 0 Å². The van der Waals surface area contributed by atoms with Crippen molar-refractivity contribution in [3.63, 3.8) is 0 Å². The molecule has 0 N–H and O–H groups in total. The Bertz CT molecular complexity index is 38.7. The zero-order valence-electron chi connectivity index (χ0n) is 3.93. The SMILES string of the molecule is CC(=O)[O-].[Au].[K+].[Pd]. The van der Waals surface area contributed by atoms with E-state index in [9.17, 15) is 0 Å². The zero-order chi connectivity index (χ0) is 3.58. The Kier molecular flexibility index (Phi) is 51.2. The number of rotatable bonds is 0. The summed E-state index contributed by atoms with van der Waals surface area (Å²) in [6.07, 6.45) is 0. The number of carboxylic acid groups (broad SMARTS) is 1. The fourth-order valence-electron chi connectivity index (χ4n) is 0. The van der Waals surface area contributed by atoms with Gasteiger partial charge in [0.05, 0.1) is 0 Å². The van der Waals surface area contributed by atoms with Gasteiger partial charge in [-0.2, -0.15) is 0 Å². The average Bonchev–Trinajstić information content (AvgIpc) is 0.811. The summed E-state index contributed by atoms with van der Waals surface area (Å²) in [6.45, 7) is 0.972. The first-order valence-corrected chi connectivity index (χ1v) is 0.908. The van der Waals surface area contributed by atoms with E-state index in [1.165, 1.54) is 0 Å². The molecule has 0 heterocycles. The third kappa shape index (κ3) is 57.3. The van der Waals surface area contributed by atoms with Gasteiger partial charge in [0, 0.05) is 48.8 Å². The molecule has 1 radical (unpaired) electrons. The molecule has 0 aromatic rings. The molecule has 45 valence electrons. The molecule has 0 aromatic heterocycles. The Morgan fingerprint density at radius 2 is 1.57 bits per heavy atom. The van der Waals surface area contributed by atoms with Crippen LogP contribution in [-0.4, -0.2) is 5.97 Å². The summed E-state index contributed by atoms with van der Waals surface area (Å²) in [5, 5.41) is 8.89. The van der Waals surface area contributed by atoms with Crippen molar-refractivity contribution < 1.29 is 104 Å². The average molecular weight is 402 g/mol. The normalized spacial score (nSPS) is 3.57. The standard InChI is InChI=1S/C2H4O2.Au.K.Pd/c1-2(3)4;;;/h1H3,(H,3,4);;;/q;;+1;/p-1. The van der Waals surface area contributed by atoms with Crippen LogP contribution in [0, 0.1) is 0 Å². The van der Waals surface area contributed by atoms with Crippen molar-refractivity contribution >= 4 is 5.97 Å². The summed E-state index contributed by atoms with van der Waals surface area (Å²) in [5.74, 6) is -1.08. The Labute approximate surface area is 114 Å². The number of hydrogen-bond donors (Lipinski definition) is 0. The Balaban J connectivity index is -0.0000000150. The summed E-state index contributed by atoms with van der Waals surface area (Å²) in [7, 11) is 0. The third-order valence-electron chi connectivity index (χ3n) is 0. The van der Waals surface area contributed by atoms with Gasteiger partial charge in [-0.05, 0) is 6.92 Å². The molecular formula is C2H3AuKO2Pd. The van der Waals surface area contributed by atoms with Gasteiger partial charge in [0.15, 0.2) is 0 Å². The van der Waals surface area contributed by atoms with E-state index in [1.54, 1.807) is 0 Å². The van der Waals surface area contributed by atoms with Gasteiger partial charge in [-0.25, -0.2) is 0 Å². The van der Waals surface area contributed by atoms with E-state index >= 15 is 0 Å². The molecule has 0 fully saturated rings. The van der Waals surface area contributed by atoms with Crippen molar-refractivity contribution in [2.24, 2.45) is 0 Å². The molecule has 0 aliphatic rings. The molecule has 0 aliphatic heterocycles. The molecule has 0 saturated heterocycles. The fraction of sp³-hybridized carbons (Fsp3) is 0.500. The van der Waals surface area contributed by atoms with Gasteiger partial charge in [0.2, 0.25) is 0 Å². The largest absolute Gasteiger partial charge is 1.00 e. The van der Waals surface area contributed by atoms with Crippen molar-refractivity contribution in [1.82, 2.24) is 0 Å². The van der Waals surface area contributed by atoms with Gasteiger partial charge in [0.25, 0.3) is 0 Å². The third-order valence-corrected chi connectivity index (χ3v) is 0. The summed E-state index contributed by atoms with van der Waals surface area (Å²) >= 11 is 0. The van der Waals surface area contributed by atoms with Gasteiger partial charge in [-0.1, -0.05) is 0 Å². The molecule has 7 heavy (non-hydrogen) atoms. The number of hydrogen-bond acceptors (Lipinski definition) is 2. The molecule has 2 nitrogen and oxygen atoms in total. The minimum absolute atomic E-state index is 0. The quantitative estimate of drug-likeness (QED) is 0.386. The maximum Gasteiger partial charge on any atom is 1.00 e. The van der Waals surface area contributed by atoms with Gasteiger partial charge in [0.1, 0.15) is 0 Å². The van der Waals surface area contributed by atoms with Crippen LogP contribution in [0.3, 0.4) is 0 Å². The van der Waals surface area contributed by atoms with Gasteiger partial charge >= 0.3 is 51.4 Å². The topological polar surface area (TPSA) is 40.1 Å². The van der Waals surface area contributed by atoms with Crippen LogP contribution in [-0.2, 0) is 47.6 Å². The molecular weight excluding hydrogens is 399 g/mol. The van der Waals surface area contributed by atoms with Crippen LogP contribution in [0.1, 0.15) is 6.92 Å². The Morgan fingerprint density at radius 1 is 1.57 bits per heavy atom. The van der Waals surface area contributed by atoms with Crippen molar-refractivity contribution in [3.05, 3.63) is 0 Å². The first-order valence-electron chi connectivity index (χ1n) is 0.908. The van der Waals surface area contributed by atoms with Crippen LogP contribution < -0.4 is 56.5 Å². The van der Waals surface area contributed by atoms with Crippen molar-refractivity contribution in [2.45, 2.75) is 6.92 Å². The van der Waals surface area contributed by atoms with E-state index in [1.807, 2.05) is 0 Å². The zero-order valence-corrected chi connectivity index (χ0v) is 10.8.